The molecule has 0 fully saturated rings. The molecule has 0 bridgehead atoms. The van der Waals surface area contributed by atoms with E-state index in [0.29, 0.717) is 30.2 Å². The van der Waals surface area contributed by atoms with Crippen LogP contribution in [-0.4, -0.2) is 69.4 Å². The first-order valence-corrected chi connectivity index (χ1v) is 7.32. The first-order valence-electron chi connectivity index (χ1n) is 7.32. The number of methoxy groups -OCH3 is 3. The molecule has 0 aromatic heterocycles. The maximum atomic E-state index is 12.1. The monoisotopic (exact) mass is 349 g/mol. The van der Waals surface area contributed by atoms with Gasteiger partial charge in [0.25, 0.3) is 0 Å². The summed E-state index contributed by atoms with van der Waals surface area (Å²) in [6.45, 7) is 0.583. The number of hydrogen-bond donors (Lipinski definition) is 1. The summed E-state index contributed by atoms with van der Waals surface area (Å²) in [6, 6.07) is 2.87. The molecule has 0 aliphatic rings. The van der Waals surface area contributed by atoms with E-state index in [0.717, 1.165) is 12.8 Å². The first kappa shape index (κ1) is 22.7. The molecule has 7 nitrogen and oxygen atoms in total. The molecule has 0 unspecified atom stereocenters. The molecule has 24 heavy (non-hydrogen) atoms. The minimum atomic E-state index is -0.756. The van der Waals surface area contributed by atoms with E-state index < -0.39 is 11.9 Å². The van der Waals surface area contributed by atoms with Crippen LogP contribution in [0.5, 0.6) is 17.2 Å². The second-order valence-electron chi connectivity index (χ2n) is 4.77. The van der Waals surface area contributed by atoms with Crippen LogP contribution in [0.15, 0.2) is 12.1 Å². The number of esters is 2. The van der Waals surface area contributed by atoms with Crippen molar-refractivity contribution >= 4 is 41.5 Å². The molecule has 0 saturated heterocycles. The third-order valence-corrected chi connectivity index (χ3v) is 3.19. The van der Waals surface area contributed by atoms with Crippen LogP contribution < -0.4 is 19.9 Å². The number of rotatable bonds is 9. The van der Waals surface area contributed by atoms with Crippen molar-refractivity contribution in [1.29, 1.82) is 0 Å². The third-order valence-electron chi connectivity index (χ3n) is 3.19. The molecular formula is C16H24NNaO6. The van der Waals surface area contributed by atoms with Crippen molar-refractivity contribution in [2.75, 3.05) is 27.9 Å². The van der Waals surface area contributed by atoms with Gasteiger partial charge in [-0.1, -0.05) is 6.42 Å². The second-order valence-corrected chi connectivity index (χ2v) is 4.77. The van der Waals surface area contributed by atoms with E-state index in [-0.39, 0.29) is 41.5 Å². The predicted octanol–water partition coefficient (Wildman–Crippen LogP) is 1.27. The van der Waals surface area contributed by atoms with Crippen molar-refractivity contribution in [1.82, 2.24) is 0 Å². The van der Waals surface area contributed by atoms with Gasteiger partial charge < -0.3 is 24.7 Å². The minimum absolute atomic E-state index is 0. The number of benzene rings is 1. The van der Waals surface area contributed by atoms with E-state index in [1.54, 1.807) is 0 Å². The van der Waals surface area contributed by atoms with Gasteiger partial charge in [0.1, 0.15) is 0 Å². The number of carbonyl (C=O) groups is 2. The SMILES string of the molecule is COc1cc(C(=O)OC(=O)CCCCCN)cc(OC)c1OC.[NaH]. The van der Waals surface area contributed by atoms with Gasteiger partial charge in [-0.2, -0.15) is 0 Å². The molecule has 2 N–H and O–H groups in total. The van der Waals surface area contributed by atoms with Crippen molar-refractivity contribution in [2.45, 2.75) is 25.7 Å². The van der Waals surface area contributed by atoms with Gasteiger partial charge in [0.2, 0.25) is 5.75 Å². The number of ether oxygens (including phenoxy) is 4. The molecule has 0 aliphatic carbocycles. The summed E-state index contributed by atoms with van der Waals surface area (Å²) in [6.07, 6.45) is 2.48. The van der Waals surface area contributed by atoms with Crippen molar-refractivity contribution in [3.8, 4) is 17.2 Å². The van der Waals surface area contributed by atoms with E-state index >= 15 is 0 Å². The van der Waals surface area contributed by atoms with Gasteiger partial charge >= 0.3 is 41.5 Å². The molecule has 0 radical (unpaired) electrons. The Morgan fingerprint density at radius 2 is 1.54 bits per heavy atom. The van der Waals surface area contributed by atoms with E-state index in [1.807, 2.05) is 0 Å². The maximum absolute atomic E-state index is 12.1. The fourth-order valence-corrected chi connectivity index (χ4v) is 2.00. The normalized spacial score (nSPS) is 9.67. The molecule has 1 aromatic rings. The Balaban J connectivity index is 0.00000529. The zero-order valence-electron chi connectivity index (χ0n) is 13.7. The average molecular weight is 349 g/mol. The summed E-state index contributed by atoms with van der Waals surface area (Å²) in [7, 11) is 4.34. The van der Waals surface area contributed by atoms with Crippen LogP contribution in [0.4, 0.5) is 0 Å². The van der Waals surface area contributed by atoms with Gasteiger partial charge in [0.15, 0.2) is 11.5 Å². The fourth-order valence-electron chi connectivity index (χ4n) is 2.00. The molecule has 0 aliphatic heterocycles. The van der Waals surface area contributed by atoms with Crippen molar-refractivity contribution in [3.63, 3.8) is 0 Å². The fraction of sp³-hybridized carbons (Fsp3) is 0.500. The van der Waals surface area contributed by atoms with Crippen molar-refractivity contribution < 1.29 is 28.5 Å². The van der Waals surface area contributed by atoms with E-state index in [1.165, 1.54) is 33.5 Å². The predicted molar refractivity (Wildman–Crippen MR) is 91.2 cm³/mol. The number of hydrogen-bond acceptors (Lipinski definition) is 7. The van der Waals surface area contributed by atoms with Crippen LogP contribution in [0.1, 0.15) is 36.0 Å². The van der Waals surface area contributed by atoms with Gasteiger partial charge in [-0.25, -0.2) is 4.79 Å². The summed E-state index contributed by atoms with van der Waals surface area (Å²) in [5.41, 5.74) is 5.52. The Morgan fingerprint density at radius 3 is 2.00 bits per heavy atom. The van der Waals surface area contributed by atoms with Crippen molar-refractivity contribution in [3.05, 3.63) is 17.7 Å². The Morgan fingerprint density at radius 1 is 0.958 bits per heavy atom. The Hall–Kier alpha value is -1.28. The third kappa shape index (κ3) is 6.68. The Kier molecular flexibility index (Phi) is 11.5. The molecule has 0 saturated carbocycles. The molecule has 8 heteroatoms. The summed E-state index contributed by atoms with van der Waals surface area (Å²) >= 11 is 0. The average Bonchev–Trinajstić information content (AvgIpc) is 2.57. The standard InChI is InChI=1S/C16H23NO6.Na.H/c1-20-12-9-11(10-13(21-2)15(12)22-3)16(19)23-14(18)7-5-4-6-8-17;;/h9-10H,4-8,17H2,1-3H3;;. The van der Waals surface area contributed by atoms with Crippen LogP contribution >= 0.6 is 0 Å². The van der Waals surface area contributed by atoms with Gasteiger partial charge in [-0.05, 0) is 31.5 Å². The molecule has 0 heterocycles. The molecule has 1 rings (SSSR count). The van der Waals surface area contributed by atoms with E-state index in [4.69, 9.17) is 24.7 Å². The molecule has 0 amide bonds. The van der Waals surface area contributed by atoms with Crippen LogP contribution in [0.2, 0.25) is 0 Å². The van der Waals surface area contributed by atoms with Crippen LogP contribution in [0.25, 0.3) is 0 Å². The summed E-state index contributed by atoms with van der Waals surface area (Å²) in [4.78, 5) is 23.7. The number of unbranched alkanes of at least 4 members (excludes halogenated alkanes) is 2. The summed E-state index contributed by atoms with van der Waals surface area (Å²) in [5.74, 6) is -0.336. The molecular weight excluding hydrogens is 325 g/mol. The molecule has 0 spiro atoms. The second kappa shape index (κ2) is 12.1. The summed E-state index contributed by atoms with van der Waals surface area (Å²) < 4.78 is 20.3. The van der Waals surface area contributed by atoms with Gasteiger partial charge in [0.05, 0.1) is 26.9 Å². The van der Waals surface area contributed by atoms with Gasteiger partial charge in [0, 0.05) is 6.42 Å². The topological polar surface area (TPSA) is 97.1 Å². The number of carbonyl (C=O) groups excluding carboxylic acids is 2. The van der Waals surface area contributed by atoms with E-state index in [9.17, 15) is 9.59 Å². The van der Waals surface area contributed by atoms with Crippen LogP contribution in [0.3, 0.4) is 0 Å². The Bertz CT molecular complexity index is 524. The molecule has 130 valence electrons. The van der Waals surface area contributed by atoms with Crippen LogP contribution in [0, 0.1) is 0 Å². The van der Waals surface area contributed by atoms with E-state index in [2.05, 4.69) is 0 Å². The zero-order chi connectivity index (χ0) is 17.2. The molecule has 1 aromatic carbocycles. The molecule has 0 atom stereocenters. The van der Waals surface area contributed by atoms with Crippen LogP contribution in [-0.2, 0) is 9.53 Å². The summed E-state index contributed by atoms with van der Waals surface area (Å²) in [5, 5.41) is 0. The first-order chi connectivity index (χ1) is 11.1. The Labute approximate surface area is 164 Å². The van der Waals surface area contributed by atoms with Gasteiger partial charge in [-0.15, -0.1) is 0 Å². The van der Waals surface area contributed by atoms with Crippen molar-refractivity contribution in [2.24, 2.45) is 5.73 Å². The number of nitrogens with two attached hydrogens (primary N) is 1. The zero-order valence-corrected chi connectivity index (χ0v) is 13.7. The van der Waals surface area contributed by atoms with Gasteiger partial charge in [-0.3, -0.25) is 4.79 Å². The quantitative estimate of drug-likeness (QED) is 0.310.